The van der Waals surface area contributed by atoms with E-state index in [0.717, 1.165) is 3.79 Å². The van der Waals surface area contributed by atoms with Gasteiger partial charge in [0.1, 0.15) is 0 Å². The normalized spacial score (nSPS) is 11.1. The van der Waals surface area contributed by atoms with Crippen LogP contribution in [0.5, 0.6) is 0 Å². The first kappa shape index (κ1) is 15.9. The summed E-state index contributed by atoms with van der Waals surface area (Å²) >= 11 is 4.53. The van der Waals surface area contributed by atoms with Crippen LogP contribution in [0.4, 0.5) is 9.93 Å². The van der Waals surface area contributed by atoms with Gasteiger partial charge in [0.15, 0.2) is 5.13 Å². The number of rotatable bonds is 6. The van der Waals surface area contributed by atoms with Gasteiger partial charge in [-0.25, -0.2) is 9.78 Å². The first-order valence-corrected chi connectivity index (χ1v) is 7.44. The van der Waals surface area contributed by atoms with E-state index in [-0.39, 0.29) is 6.54 Å². The molecule has 1 aromatic heterocycles. The van der Waals surface area contributed by atoms with Gasteiger partial charge >= 0.3 is 12.0 Å². The number of carboxylic acids is 1. The SMILES string of the molecule is CCC(CC)(CNC(=O)Nc1ncc(Br)s1)C(=O)O. The predicted molar refractivity (Wildman–Crippen MR) is 77.5 cm³/mol. The van der Waals surface area contributed by atoms with Crippen LogP contribution in [0.2, 0.25) is 0 Å². The van der Waals surface area contributed by atoms with E-state index in [0.29, 0.717) is 18.0 Å². The van der Waals surface area contributed by atoms with Crippen LogP contribution in [-0.4, -0.2) is 28.6 Å². The van der Waals surface area contributed by atoms with Gasteiger partial charge in [-0.3, -0.25) is 10.1 Å². The quantitative estimate of drug-likeness (QED) is 0.736. The molecule has 0 unspecified atom stereocenters. The Hall–Kier alpha value is -1.15. The molecule has 8 heteroatoms. The highest BCUT2D eigenvalue weighted by Gasteiger charge is 2.35. The number of nitrogens with zero attached hydrogens (tertiary/aromatic N) is 1. The minimum atomic E-state index is -0.916. The van der Waals surface area contributed by atoms with E-state index in [1.807, 2.05) is 0 Å². The van der Waals surface area contributed by atoms with Gasteiger partial charge in [-0.05, 0) is 28.8 Å². The van der Waals surface area contributed by atoms with Gasteiger partial charge in [-0.15, -0.1) is 0 Å². The third-order valence-corrected chi connectivity index (χ3v) is 4.48. The number of hydrogen-bond donors (Lipinski definition) is 3. The Morgan fingerprint density at radius 1 is 1.47 bits per heavy atom. The highest BCUT2D eigenvalue weighted by Crippen LogP contribution is 2.26. The van der Waals surface area contributed by atoms with E-state index in [9.17, 15) is 14.7 Å². The van der Waals surface area contributed by atoms with Gasteiger partial charge in [-0.2, -0.15) is 0 Å². The molecule has 3 N–H and O–H groups in total. The van der Waals surface area contributed by atoms with Gasteiger partial charge in [0.05, 0.1) is 15.4 Å². The zero-order chi connectivity index (χ0) is 14.5. The van der Waals surface area contributed by atoms with Crippen LogP contribution in [0.3, 0.4) is 0 Å². The Bertz CT molecular complexity index is 460. The van der Waals surface area contributed by atoms with Crippen molar-refractivity contribution >= 4 is 44.4 Å². The molecule has 6 nitrogen and oxygen atoms in total. The number of carbonyl (C=O) groups excluding carboxylic acids is 1. The topological polar surface area (TPSA) is 91.3 Å². The van der Waals surface area contributed by atoms with Crippen molar-refractivity contribution in [2.75, 3.05) is 11.9 Å². The number of amides is 2. The summed E-state index contributed by atoms with van der Waals surface area (Å²) < 4.78 is 0.810. The van der Waals surface area contributed by atoms with Crippen LogP contribution in [0.1, 0.15) is 26.7 Å². The first-order chi connectivity index (χ1) is 8.93. The number of urea groups is 1. The molecule has 1 aromatic rings. The molecular formula is C11H16BrN3O3S. The molecule has 0 radical (unpaired) electrons. The average Bonchev–Trinajstić information content (AvgIpc) is 2.76. The van der Waals surface area contributed by atoms with Crippen LogP contribution >= 0.6 is 27.3 Å². The number of aliphatic carboxylic acids is 1. The number of thiazole rings is 1. The Kier molecular flexibility index (Phi) is 5.74. The van der Waals surface area contributed by atoms with Crippen LogP contribution in [-0.2, 0) is 4.79 Å². The fourth-order valence-corrected chi connectivity index (χ4v) is 2.68. The summed E-state index contributed by atoms with van der Waals surface area (Å²) in [4.78, 5) is 26.9. The second-order valence-electron chi connectivity index (χ2n) is 4.07. The van der Waals surface area contributed by atoms with Crippen molar-refractivity contribution in [2.45, 2.75) is 26.7 Å². The monoisotopic (exact) mass is 349 g/mol. The fourth-order valence-electron chi connectivity index (χ4n) is 1.58. The lowest BCUT2D eigenvalue weighted by atomic mass is 9.82. The Balaban J connectivity index is 2.55. The molecule has 0 aromatic carbocycles. The molecule has 0 saturated heterocycles. The van der Waals surface area contributed by atoms with Crippen molar-refractivity contribution in [2.24, 2.45) is 5.41 Å². The minimum absolute atomic E-state index is 0.0910. The van der Waals surface area contributed by atoms with Crippen LogP contribution in [0, 0.1) is 5.41 Å². The second-order valence-corrected chi connectivity index (χ2v) is 6.48. The first-order valence-electron chi connectivity index (χ1n) is 5.83. The summed E-state index contributed by atoms with van der Waals surface area (Å²) in [5, 5.41) is 14.8. The van der Waals surface area contributed by atoms with Crippen LogP contribution in [0.25, 0.3) is 0 Å². The molecule has 0 fully saturated rings. The summed E-state index contributed by atoms with van der Waals surface area (Å²) in [7, 11) is 0. The number of hydrogen-bond acceptors (Lipinski definition) is 4. The summed E-state index contributed by atoms with van der Waals surface area (Å²) in [5.41, 5.74) is -0.916. The van der Waals surface area contributed by atoms with Crippen LogP contribution in [0.15, 0.2) is 9.98 Å². The molecule has 0 bridgehead atoms. The zero-order valence-electron chi connectivity index (χ0n) is 10.7. The van der Waals surface area contributed by atoms with Gasteiger partial charge in [0.25, 0.3) is 0 Å². The molecule has 1 heterocycles. The van der Waals surface area contributed by atoms with Crippen molar-refractivity contribution in [1.29, 1.82) is 0 Å². The molecule has 0 saturated carbocycles. The summed E-state index contributed by atoms with van der Waals surface area (Å²) in [6.45, 7) is 3.69. The summed E-state index contributed by atoms with van der Waals surface area (Å²) in [5.74, 6) is -0.894. The van der Waals surface area contributed by atoms with Crippen LogP contribution < -0.4 is 10.6 Å². The largest absolute Gasteiger partial charge is 0.481 e. The number of carboxylic acid groups (broad SMARTS) is 1. The van der Waals surface area contributed by atoms with Gasteiger partial charge in [-0.1, -0.05) is 25.2 Å². The Morgan fingerprint density at radius 3 is 2.53 bits per heavy atom. The van der Waals surface area contributed by atoms with Crippen molar-refractivity contribution in [3.05, 3.63) is 9.98 Å². The van der Waals surface area contributed by atoms with E-state index < -0.39 is 17.4 Å². The van der Waals surface area contributed by atoms with Crippen molar-refractivity contribution in [3.63, 3.8) is 0 Å². The van der Waals surface area contributed by atoms with Gasteiger partial charge < -0.3 is 10.4 Å². The van der Waals surface area contributed by atoms with Crippen molar-refractivity contribution < 1.29 is 14.7 Å². The molecule has 19 heavy (non-hydrogen) atoms. The number of halogens is 1. The summed E-state index contributed by atoms with van der Waals surface area (Å²) in [6, 6.07) is -0.450. The molecule has 1 rings (SSSR count). The van der Waals surface area contributed by atoms with Gasteiger partial charge in [0.2, 0.25) is 0 Å². The minimum Gasteiger partial charge on any atom is -0.481 e. The maximum absolute atomic E-state index is 11.7. The number of anilines is 1. The standard InChI is InChI=1S/C11H16BrN3O3S/c1-3-11(4-2,8(16)17)6-14-9(18)15-10-13-5-7(12)19-10/h5H,3-4,6H2,1-2H3,(H,16,17)(H2,13,14,15,18). The molecule has 2 amide bonds. The summed E-state index contributed by atoms with van der Waals surface area (Å²) in [6.07, 6.45) is 2.50. The molecule has 0 aliphatic heterocycles. The Labute approximate surface area is 123 Å². The average molecular weight is 350 g/mol. The number of aromatic nitrogens is 1. The lowest BCUT2D eigenvalue weighted by Crippen LogP contribution is -2.43. The van der Waals surface area contributed by atoms with E-state index in [2.05, 4.69) is 31.5 Å². The highest BCUT2D eigenvalue weighted by atomic mass is 79.9. The molecular weight excluding hydrogens is 334 g/mol. The molecule has 0 spiro atoms. The zero-order valence-corrected chi connectivity index (χ0v) is 13.1. The third kappa shape index (κ3) is 4.17. The molecule has 0 aliphatic rings. The number of nitrogens with one attached hydrogen (secondary N) is 2. The predicted octanol–water partition coefficient (Wildman–Crippen LogP) is 2.92. The van der Waals surface area contributed by atoms with E-state index in [4.69, 9.17) is 0 Å². The van der Waals surface area contributed by atoms with E-state index >= 15 is 0 Å². The molecule has 0 aliphatic carbocycles. The van der Waals surface area contributed by atoms with E-state index in [1.54, 1.807) is 20.0 Å². The smallest absolute Gasteiger partial charge is 0.321 e. The van der Waals surface area contributed by atoms with Crippen molar-refractivity contribution in [1.82, 2.24) is 10.3 Å². The number of carbonyl (C=O) groups is 2. The maximum Gasteiger partial charge on any atom is 0.321 e. The Morgan fingerprint density at radius 2 is 2.11 bits per heavy atom. The fraction of sp³-hybridized carbons (Fsp3) is 0.545. The van der Waals surface area contributed by atoms with Gasteiger partial charge in [0, 0.05) is 6.54 Å². The molecule has 106 valence electrons. The second kappa shape index (κ2) is 6.85. The maximum atomic E-state index is 11.7. The lowest BCUT2D eigenvalue weighted by molar-refractivity contribution is -0.149. The molecule has 0 atom stereocenters. The highest BCUT2D eigenvalue weighted by molar-refractivity contribution is 9.11. The third-order valence-electron chi connectivity index (χ3n) is 3.09. The van der Waals surface area contributed by atoms with Crippen molar-refractivity contribution in [3.8, 4) is 0 Å². The van der Waals surface area contributed by atoms with E-state index in [1.165, 1.54) is 11.3 Å². The lowest BCUT2D eigenvalue weighted by Gasteiger charge is -2.26.